The van der Waals surface area contributed by atoms with E-state index >= 15 is 0 Å². The monoisotopic (exact) mass is 642 g/mol. The van der Waals surface area contributed by atoms with Gasteiger partial charge < -0.3 is 4.90 Å². The number of hydrogen-bond acceptors (Lipinski definition) is 8. The lowest BCUT2D eigenvalue weighted by atomic mass is 9.83. The van der Waals surface area contributed by atoms with Gasteiger partial charge in [-0.05, 0) is 49.1 Å². The van der Waals surface area contributed by atoms with E-state index in [0.717, 1.165) is 57.3 Å². The number of likely N-dealkylation sites (tertiary alicyclic amines) is 1. The fraction of sp³-hybridized carbons (Fsp3) is 0.333. The number of non-ortho nitro benzene ring substituents is 1. The highest BCUT2D eigenvalue weighted by Gasteiger charge is 2.57. The summed E-state index contributed by atoms with van der Waals surface area (Å²) in [6.45, 7) is 1.21. The molecule has 6 rings (SSSR count). The van der Waals surface area contributed by atoms with Crippen molar-refractivity contribution in [2.45, 2.75) is 42.0 Å². The fourth-order valence-electron chi connectivity index (χ4n) is 5.67. The Balaban J connectivity index is 1.42. The van der Waals surface area contributed by atoms with Crippen LogP contribution in [0.5, 0.6) is 0 Å². The number of thioether (sulfide) groups is 1. The van der Waals surface area contributed by atoms with Crippen LogP contribution in [0.25, 0.3) is 0 Å². The van der Waals surface area contributed by atoms with E-state index in [1.165, 1.54) is 28.8 Å². The number of nitro groups is 1. The average molecular weight is 644 g/mol. The number of hydrogen-bond donors (Lipinski definition) is 0. The zero-order valence-corrected chi connectivity index (χ0v) is 24.2. The number of nitrogens with zero attached hydrogens (tertiary/aromatic N) is 4. The Labute approximate surface area is 245 Å². The summed E-state index contributed by atoms with van der Waals surface area (Å²) in [4.78, 5) is 68.0. The zero-order valence-electron chi connectivity index (χ0n) is 21.0. The molecular formula is C27H23BrN4O6S2. The minimum absolute atomic E-state index is 0.117. The molecule has 0 bridgehead atoms. The van der Waals surface area contributed by atoms with Gasteiger partial charge >= 0.3 is 4.87 Å². The molecule has 0 radical (unpaired) electrons. The van der Waals surface area contributed by atoms with Gasteiger partial charge in [0.15, 0.2) is 0 Å². The molecule has 1 aromatic heterocycles. The molecule has 4 heterocycles. The number of thiazole rings is 1. The maximum atomic E-state index is 13.9. The number of carbonyl (C=O) groups excluding carboxylic acids is 3. The van der Waals surface area contributed by atoms with Gasteiger partial charge in [-0.1, -0.05) is 51.2 Å². The Morgan fingerprint density at radius 1 is 1.02 bits per heavy atom. The fourth-order valence-corrected chi connectivity index (χ4v) is 8.86. The quantitative estimate of drug-likeness (QED) is 0.230. The molecule has 0 saturated carbocycles. The first-order chi connectivity index (χ1) is 19.2. The van der Waals surface area contributed by atoms with E-state index < -0.39 is 33.8 Å². The highest BCUT2D eigenvalue weighted by atomic mass is 79.9. The largest absolute Gasteiger partial charge is 0.341 e. The van der Waals surface area contributed by atoms with Crippen molar-refractivity contribution in [2.24, 2.45) is 5.92 Å². The van der Waals surface area contributed by atoms with Crippen molar-refractivity contribution in [1.29, 1.82) is 0 Å². The van der Waals surface area contributed by atoms with Gasteiger partial charge in [0.2, 0.25) is 17.7 Å². The molecular weight excluding hydrogens is 620 g/mol. The van der Waals surface area contributed by atoms with Crippen molar-refractivity contribution in [1.82, 2.24) is 9.47 Å². The lowest BCUT2D eigenvalue weighted by Crippen LogP contribution is -2.39. The molecule has 2 saturated heterocycles. The number of piperidine rings is 1. The average Bonchev–Trinajstić information content (AvgIpc) is 3.39. The maximum Gasteiger partial charge on any atom is 0.308 e. The van der Waals surface area contributed by atoms with Crippen molar-refractivity contribution in [3.8, 4) is 0 Å². The number of anilines is 1. The number of halogens is 1. The van der Waals surface area contributed by atoms with Gasteiger partial charge in [-0.3, -0.25) is 33.9 Å². The van der Waals surface area contributed by atoms with E-state index in [1.807, 2.05) is 24.3 Å². The highest BCUT2D eigenvalue weighted by molar-refractivity contribution is 9.10. The van der Waals surface area contributed by atoms with Crippen LogP contribution in [0.1, 0.15) is 35.6 Å². The van der Waals surface area contributed by atoms with E-state index in [-0.39, 0.29) is 28.7 Å². The molecule has 206 valence electrons. The lowest BCUT2D eigenvalue weighted by molar-refractivity contribution is -0.384. The Hall–Kier alpha value is -3.29. The molecule has 0 aliphatic carbocycles. The van der Waals surface area contributed by atoms with Crippen LogP contribution < -0.4 is 9.77 Å². The summed E-state index contributed by atoms with van der Waals surface area (Å²) in [7, 11) is 0. The number of rotatable bonds is 5. The van der Waals surface area contributed by atoms with Crippen molar-refractivity contribution < 1.29 is 19.3 Å². The van der Waals surface area contributed by atoms with Crippen LogP contribution in [0.3, 0.4) is 0 Å². The molecule has 3 amide bonds. The number of aromatic nitrogens is 1. The van der Waals surface area contributed by atoms with Gasteiger partial charge in [-0.25, -0.2) is 4.90 Å². The zero-order chi connectivity index (χ0) is 28.1. The van der Waals surface area contributed by atoms with E-state index in [0.29, 0.717) is 23.0 Å². The van der Waals surface area contributed by atoms with Gasteiger partial charge in [0, 0.05) is 40.5 Å². The van der Waals surface area contributed by atoms with Gasteiger partial charge in [-0.2, -0.15) is 0 Å². The summed E-state index contributed by atoms with van der Waals surface area (Å²) in [6.07, 6.45) is 2.94. The van der Waals surface area contributed by atoms with E-state index in [2.05, 4.69) is 15.9 Å². The number of amides is 3. The second-order valence-corrected chi connectivity index (χ2v) is 13.0. The normalized spacial score (nSPS) is 22.3. The van der Waals surface area contributed by atoms with Crippen molar-refractivity contribution >= 4 is 68.1 Å². The van der Waals surface area contributed by atoms with E-state index in [1.54, 1.807) is 4.90 Å². The Morgan fingerprint density at radius 3 is 2.42 bits per heavy atom. The first kappa shape index (κ1) is 26.9. The third-order valence-corrected chi connectivity index (χ3v) is 10.7. The summed E-state index contributed by atoms with van der Waals surface area (Å²) in [5.74, 6) is -2.39. The second-order valence-electron chi connectivity index (χ2n) is 9.95. The van der Waals surface area contributed by atoms with Gasteiger partial charge in [0.25, 0.3) is 5.69 Å². The number of benzene rings is 2. The van der Waals surface area contributed by atoms with Crippen LogP contribution in [-0.4, -0.2) is 50.5 Å². The SMILES string of the molecule is O=C(Cn1c2c(sc1=O)C(c1cccc(Br)c1)C1C(=O)N(c3ccc([N+](=O)[O-])cc3)C(=O)C1S2)N1CCCCC1. The third-order valence-electron chi connectivity index (χ3n) is 7.58. The maximum absolute atomic E-state index is 13.9. The summed E-state index contributed by atoms with van der Waals surface area (Å²) in [5, 5.41) is 10.8. The van der Waals surface area contributed by atoms with E-state index in [4.69, 9.17) is 0 Å². The van der Waals surface area contributed by atoms with E-state index in [9.17, 15) is 29.3 Å². The van der Waals surface area contributed by atoms with Crippen LogP contribution >= 0.6 is 39.0 Å². The molecule has 40 heavy (non-hydrogen) atoms. The molecule has 3 aromatic rings. The number of imide groups is 1. The lowest BCUT2D eigenvalue weighted by Gasteiger charge is -2.31. The van der Waals surface area contributed by atoms with Crippen molar-refractivity contribution in [3.63, 3.8) is 0 Å². The van der Waals surface area contributed by atoms with Crippen LogP contribution in [0.15, 0.2) is 62.8 Å². The second kappa shape index (κ2) is 10.6. The number of nitro benzene ring substituents is 1. The minimum Gasteiger partial charge on any atom is -0.341 e. The summed E-state index contributed by atoms with van der Waals surface area (Å²) >= 11 is 5.66. The molecule has 0 N–H and O–H groups in total. The summed E-state index contributed by atoms with van der Waals surface area (Å²) in [6, 6.07) is 12.8. The van der Waals surface area contributed by atoms with Gasteiger partial charge in [0.1, 0.15) is 11.8 Å². The first-order valence-corrected chi connectivity index (χ1v) is 15.3. The first-order valence-electron chi connectivity index (χ1n) is 12.8. The molecule has 3 atom stereocenters. The van der Waals surface area contributed by atoms with Crippen LogP contribution in [-0.2, 0) is 20.9 Å². The van der Waals surface area contributed by atoms with Crippen LogP contribution in [0.4, 0.5) is 11.4 Å². The molecule has 3 aliphatic rings. The molecule has 3 unspecified atom stereocenters. The number of fused-ring (bicyclic) bond motifs is 2. The molecule has 2 aromatic carbocycles. The molecule has 2 fully saturated rings. The summed E-state index contributed by atoms with van der Waals surface area (Å²) < 4.78 is 2.24. The van der Waals surface area contributed by atoms with Crippen molar-refractivity contribution in [2.75, 3.05) is 18.0 Å². The van der Waals surface area contributed by atoms with Crippen LogP contribution in [0, 0.1) is 16.0 Å². The van der Waals surface area contributed by atoms with Gasteiger partial charge in [-0.15, -0.1) is 0 Å². The molecule has 3 aliphatic heterocycles. The number of carbonyl (C=O) groups is 3. The van der Waals surface area contributed by atoms with Crippen molar-refractivity contribution in [3.05, 3.63) is 83.2 Å². The third kappa shape index (κ3) is 4.59. The van der Waals surface area contributed by atoms with Crippen LogP contribution in [0.2, 0.25) is 0 Å². The molecule has 0 spiro atoms. The molecule has 10 nitrogen and oxygen atoms in total. The standard InChI is InChI=1S/C27H23BrN4O6S2/c28-16-6-4-5-15(13-16)20-21-22(25(35)31(24(21)34)17-7-9-18(10-8-17)32(37)38)39-26-23(20)40-27(36)30(26)14-19(33)29-11-2-1-3-12-29/h4-10,13,20-22H,1-3,11-12,14H2. The highest BCUT2D eigenvalue weighted by Crippen LogP contribution is 2.54. The molecule has 13 heteroatoms. The predicted octanol–water partition coefficient (Wildman–Crippen LogP) is 4.39. The predicted molar refractivity (Wildman–Crippen MR) is 154 cm³/mol. The Morgan fingerprint density at radius 2 is 1.75 bits per heavy atom. The Kier molecular flexibility index (Phi) is 7.13. The smallest absolute Gasteiger partial charge is 0.308 e. The topological polar surface area (TPSA) is 123 Å². The summed E-state index contributed by atoms with van der Waals surface area (Å²) in [5.41, 5.74) is 0.879. The Bertz CT molecular complexity index is 1600. The van der Waals surface area contributed by atoms with Gasteiger partial charge in [0.05, 0.1) is 21.6 Å². The minimum atomic E-state index is -0.829.